The molecule has 1 amide bonds. The molecule has 29 heavy (non-hydrogen) atoms. The Bertz CT molecular complexity index is 1010. The highest BCUT2D eigenvalue weighted by Gasteiger charge is 2.30. The van der Waals surface area contributed by atoms with E-state index in [1.54, 1.807) is 17.0 Å². The molecular weight excluding hydrogens is 364 g/mol. The zero-order valence-corrected chi connectivity index (χ0v) is 16.6. The predicted molar refractivity (Wildman–Crippen MR) is 112 cm³/mol. The fourth-order valence-electron chi connectivity index (χ4n) is 3.64. The van der Waals surface area contributed by atoms with E-state index in [9.17, 15) is 9.90 Å². The second-order valence-electron chi connectivity index (χ2n) is 7.38. The molecule has 6 nitrogen and oxygen atoms in total. The lowest BCUT2D eigenvalue weighted by Crippen LogP contribution is -2.40. The van der Waals surface area contributed by atoms with Gasteiger partial charge in [0, 0.05) is 31.8 Å². The second kappa shape index (κ2) is 8.01. The van der Waals surface area contributed by atoms with Crippen LogP contribution in [0.3, 0.4) is 0 Å². The van der Waals surface area contributed by atoms with Gasteiger partial charge in [0.15, 0.2) is 11.9 Å². The van der Waals surface area contributed by atoms with E-state index in [0.29, 0.717) is 30.9 Å². The highest BCUT2D eigenvalue weighted by atomic mass is 16.3. The number of anilines is 1. The lowest BCUT2D eigenvalue weighted by Gasteiger charge is -2.32. The molecule has 6 heteroatoms. The Morgan fingerprint density at radius 3 is 2.34 bits per heavy atom. The molecule has 2 heterocycles. The van der Waals surface area contributed by atoms with Crippen molar-refractivity contribution in [3.8, 4) is 11.4 Å². The molecule has 1 aliphatic rings. The van der Waals surface area contributed by atoms with Gasteiger partial charge in [0.25, 0.3) is 5.91 Å². The van der Waals surface area contributed by atoms with Gasteiger partial charge in [-0.05, 0) is 12.0 Å². The summed E-state index contributed by atoms with van der Waals surface area (Å²) in [5.74, 6) is 1.23. The van der Waals surface area contributed by atoms with Crippen molar-refractivity contribution >= 4 is 11.7 Å². The van der Waals surface area contributed by atoms with E-state index < -0.39 is 6.10 Å². The van der Waals surface area contributed by atoms with Crippen LogP contribution in [0.4, 0.5) is 5.82 Å². The van der Waals surface area contributed by atoms with Crippen LogP contribution in [0.5, 0.6) is 0 Å². The predicted octanol–water partition coefficient (Wildman–Crippen LogP) is 2.83. The van der Waals surface area contributed by atoms with Crippen LogP contribution in [0, 0.1) is 0 Å². The van der Waals surface area contributed by atoms with Gasteiger partial charge in [0.1, 0.15) is 5.82 Å². The van der Waals surface area contributed by atoms with Crippen LogP contribution < -0.4 is 4.90 Å². The molecule has 0 bridgehead atoms. The lowest BCUT2D eigenvalue weighted by atomic mass is 10.0. The molecule has 1 atom stereocenters. The maximum atomic E-state index is 12.9. The van der Waals surface area contributed by atoms with E-state index in [4.69, 9.17) is 9.97 Å². The van der Waals surface area contributed by atoms with Crippen LogP contribution in [0.25, 0.3) is 11.4 Å². The van der Waals surface area contributed by atoms with Crippen molar-refractivity contribution in [2.75, 3.05) is 25.5 Å². The Morgan fingerprint density at radius 1 is 1.03 bits per heavy atom. The SMILES string of the molecule is CN(C)c1nc(-c2ccccc2)nc2c1CCN(C(=O)[C@H](O)c1ccccc1)C2. The molecule has 4 rings (SSSR count). The number of hydrogen-bond acceptors (Lipinski definition) is 5. The van der Waals surface area contributed by atoms with Gasteiger partial charge in [-0.3, -0.25) is 4.79 Å². The summed E-state index contributed by atoms with van der Waals surface area (Å²) >= 11 is 0. The van der Waals surface area contributed by atoms with Crippen LogP contribution in [-0.2, 0) is 17.8 Å². The summed E-state index contributed by atoms with van der Waals surface area (Å²) in [4.78, 5) is 26.1. The molecule has 0 spiro atoms. The van der Waals surface area contributed by atoms with Crippen molar-refractivity contribution in [1.29, 1.82) is 0 Å². The highest BCUT2D eigenvalue weighted by molar-refractivity contribution is 5.82. The Labute approximate surface area is 170 Å². The van der Waals surface area contributed by atoms with Crippen molar-refractivity contribution < 1.29 is 9.90 Å². The van der Waals surface area contributed by atoms with E-state index in [1.165, 1.54) is 0 Å². The zero-order chi connectivity index (χ0) is 20.4. The molecule has 0 saturated carbocycles. The van der Waals surface area contributed by atoms with Crippen molar-refractivity contribution in [2.24, 2.45) is 0 Å². The number of aliphatic hydroxyl groups is 1. The molecule has 1 aliphatic heterocycles. The van der Waals surface area contributed by atoms with Crippen molar-refractivity contribution in [1.82, 2.24) is 14.9 Å². The normalized spacial score (nSPS) is 14.2. The van der Waals surface area contributed by atoms with E-state index >= 15 is 0 Å². The number of fused-ring (bicyclic) bond motifs is 1. The first-order valence-corrected chi connectivity index (χ1v) is 9.69. The first-order chi connectivity index (χ1) is 14.0. The van der Waals surface area contributed by atoms with Crippen LogP contribution in [0.2, 0.25) is 0 Å². The Kier molecular flexibility index (Phi) is 5.27. The number of aromatic nitrogens is 2. The molecule has 0 saturated heterocycles. The van der Waals surface area contributed by atoms with E-state index in [2.05, 4.69) is 0 Å². The second-order valence-corrected chi connectivity index (χ2v) is 7.38. The maximum absolute atomic E-state index is 12.9. The molecule has 1 N–H and O–H groups in total. The molecule has 3 aromatic rings. The quantitative estimate of drug-likeness (QED) is 0.744. The fraction of sp³-hybridized carbons (Fsp3) is 0.261. The van der Waals surface area contributed by atoms with Gasteiger partial charge >= 0.3 is 0 Å². The Hall–Kier alpha value is -3.25. The van der Waals surface area contributed by atoms with Crippen LogP contribution in [0.15, 0.2) is 60.7 Å². The third-order valence-electron chi connectivity index (χ3n) is 5.16. The largest absolute Gasteiger partial charge is 0.378 e. The maximum Gasteiger partial charge on any atom is 0.256 e. The molecule has 0 radical (unpaired) electrons. The van der Waals surface area contributed by atoms with Crippen LogP contribution >= 0.6 is 0 Å². The summed E-state index contributed by atoms with van der Waals surface area (Å²) < 4.78 is 0. The first kappa shape index (κ1) is 19.1. The van der Waals surface area contributed by atoms with Crippen molar-refractivity contribution in [3.63, 3.8) is 0 Å². The average molecular weight is 388 g/mol. The third kappa shape index (κ3) is 3.84. The minimum Gasteiger partial charge on any atom is -0.378 e. The van der Waals surface area contributed by atoms with Crippen molar-refractivity contribution in [3.05, 3.63) is 77.5 Å². The monoisotopic (exact) mass is 388 g/mol. The lowest BCUT2D eigenvalue weighted by molar-refractivity contribution is -0.141. The van der Waals surface area contributed by atoms with E-state index in [1.807, 2.05) is 67.5 Å². The Morgan fingerprint density at radius 2 is 1.69 bits per heavy atom. The van der Waals surface area contributed by atoms with Gasteiger partial charge in [-0.25, -0.2) is 9.97 Å². The molecule has 1 aromatic heterocycles. The van der Waals surface area contributed by atoms with E-state index in [-0.39, 0.29) is 5.91 Å². The molecule has 2 aromatic carbocycles. The molecule has 0 unspecified atom stereocenters. The van der Waals surface area contributed by atoms with Crippen LogP contribution in [0.1, 0.15) is 22.9 Å². The molecular formula is C23H24N4O2. The van der Waals surface area contributed by atoms with Crippen molar-refractivity contribution in [2.45, 2.75) is 19.1 Å². The minimum absolute atomic E-state index is 0.298. The Balaban J connectivity index is 1.66. The van der Waals surface area contributed by atoms with Gasteiger partial charge in [-0.1, -0.05) is 60.7 Å². The zero-order valence-electron chi connectivity index (χ0n) is 16.6. The summed E-state index contributed by atoms with van der Waals surface area (Å²) in [7, 11) is 3.93. The number of benzene rings is 2. The standard InChI is InChI=1S/C23H24N4O2/c1-26(2)22-18-13-14-27(23(29)20(28)16-9-5-3-6-10-16)15-19(18)24-21(25-22)17-11-7-4-8-12-17/h3-12,20,28H,13-15H2,1-2H3/t20-/m1/s1. The minimum atomic E-state index is -1.17. The number of hydrogen-bond donors (Lipinski definition) is 1. The number of nitrogens with zero attached hydrogens (tertiary/aromatic N) is 4. The fourth-order valence-corrected chi connectivity index (χ4v) is 3.64. The number of rotatable bonds is 4. The van der Waals surface area contributed by atoms with Gasteiger partial charge in [-0.15, -0.1) is 0 Å². The van der Waals surface area contributed by atoms with Gasteiger partial charge in [0.2, 0.25) is 0 Å². The van der Waals surface area contributed by atoms with E-state index in [0.717, 1.165) is 22.6 Å². The molecule has 0 aliphatic carbocycles. The third-order valence-corrected chi connectivity index (χ3v) is 5.16. The summed E-state index contributed by atoms with van der Waals surface area (Å²) in [6, 6.07) is 18.9. The summed E-state index contributed by atoms with van der Waals surface area (Å²) in [5, 5.41) is 10.5. The first-order valence-electron chi connectivity index (χ1n) is 9.69. The number of amides is 1. The summed E-state index contributed by atoms with van der Waals surface area (Å²) in [5.41, 5.74) is 3.44. The summed E-state index contributed by atoms with van der Waals surface area (Å²) in [6.07, 6.45) is -0.507. The van der Waals surface area contributed by atoms with Gasteiger partial charge < -0.3 is 14.9 Å². The number of carbonyl (C=O) groups is 1. The highest BCUT2D eigenvalue weighted by Crippen LogP contribution is 2.29. The topological polar surface area (TPSA) is 69.6 Å². The number of aliphatic hydroxyl groups excluding tert-OH is 1. The number of carbonyl (C=O) groups excluding carboxylic acids is 1. The van der Waals surface area contributed by atoms with Crippen LogP contribution in [-0.4, -0.2) is 46.5 Å². The molecule has 0 fully saturated rings. The average Bonchev–Trinajstić information content (AvgIpc) is 2.78. The van der Waals surface area contributed by atoms with Gasteiger partial charge in [-0.2, -0.15) is 0 Å². The summed E-state index contributed by atoms with van der Waals surface area (Å²) in [6.45, 7) is 0.895. The molecule has 148 valence electrons. The smallest absolute Gasteiger partial charge is 0.256 e. The van der Waals surface area contributed by atoms with Gasteiger partial charge in [0.05, 0.1) is 12.2 Å².